The number of nitrogens with zero attached hydrogens (tertiary/aromatic N) is 1. The third kappa shape index (κ3) is 3.56. The average Bonchev–Trinajstić information content (AvgIpc) is 2.01. The number of rotatable bonds is 5. The van der Waals surface area contributed by atoms with Crippen LogP contribution in [0.15, 0.2) is 0 Å². The van der Waals surface area contributed by atoms with Gasteiger partial charge in [0.15, 0.2) is 5.78 Å². The summed E-state index contributed by atoms with van der Waals surface area (Å²) in [4.78, 5) is 14.8. The maximum atomic E-state index is 12.0. The molecule has 0 aliphatic heterocycles. The molecule has 0 unspecified atom stereocenters. The summed E-state index contributed by atoms with van der Waals surface area (Å²) in [5.74, 6) is 0.267. The van der Waals surface area contributed by atoms with Crippen molar-refractivity contribution in [3.05, 3.63) is 0 Å². The summed E-state index contributed by atoms with van der Waals surface area (Å²) in [5.41, 5.74) is -0.476. The molecule has 88 valence electrons. The molecule has 0 saturated heterocycles. The van der Waals surface area contributed by atoms with Gasteiger partial charge in [0.05, 0.1) is 10.5 Å². The molecule has 2 nitrogen and oxygen atoms in total. The highest BCUT2D eigenvalue weighted by Gasteiger charge is 2.35. The highest BCUT2D eigenvalue weighted by molar-refractivity contribution is 7.80. The second-order valence-electron chi connectivity index (χ2n) is 4.71. The lowest BCUT2D eigenvalue weighted by Crippen LogP contribution is -2.54. The summed E-state index contributed by atoms with van der Waals surface area (Å²) < 4.78 is 0. The Kier molecular flexibility index (Phi) is 5.43. The molecule has 0 aromatic rings. The Morgan fingerprint density at radius 3 is 2.13 bits per heavy atom. The summed E-state index contributed by atoms with van der Waals surface area (Å²) in [6.07, 6.45) is 1.52. The minimum atomic E-state index is -0.476. The van der Waals surface area contributed by atoms with Gasteiger partial charge < -0.3 is 4.90 Å². The van der Waals surface area contributed by atoms with E-state index in [9.17, 15) is 4.79 Å². The molecule has 0 heterocycles. The molecule has 0 aliphatic carbocycles. The summed E-state index contributed by atoms with van der Waals surface area (Å²) in [6.45, 7) is 12.0. The second-order valence-corrected chi connectivity index (χ2v) is 5.31. The van der Waals surface area contributed by atoms with Gasteiger partial charge >= 0.3 is 0 Å². The maximum Gasteiger partial charge on any atom is 0.157 e. The van der Waals surface area contributed by atoms with E-state index in [1.54, 1.807) is 0 Å². The number of hydrogen-bond acceptors (Lipinski definition) is 2. The summed E-state index contributed by atoms with van der Waals surface area (Å²) in [5, 5.41) is 0. The van der Waals surface area contributed by atoms with Crippen LogP contribution in [0.5, 0.6) is 0 Å². The zero-order valence-electron chi connectivity index (χ0n) is 10.8. The summed E-state index contributed by atoms with van der Waals surface area (Å²) >= 11 is 5.22. The fourth-order valence-electron chi connectivity index (χ4n) is 2.07. The molecule has 0 spiro atoms. The lowest BCUT2D eigenvalue weighted by Gasteiger charge is -2.41. The van der Waals surface area contributed by atoms with Gasteiger partial charge in [0, 0.05) is 12.5 Å². The third-order valence-corrected chi connectivity index (χ3v) is 2.81. The van der Waals surface area contributed by atoms with Crippen LogP contribution in [0.25, 0.3) is 0 Å². The molecule has 0 fully saturated rings. The van der Waals surface area contributed by atoms with Gasteiger partial charge in [-0.1, -0.05) is 19.1 Å². The standard InChI is InChI=1S/C12H23NOS/c1-7-8-11(14)12(5,6)13(9(2)3)10(4)15/h9H,7-8H2,1-6H3. The number of thiocarbonyl (C=S) groups is 1. The highest BCUT2D eigenvalue weighted by Crippen LogP contribution is 2.22. The Labute approximate surface area is 99.0 Å². The molecule has 3 heteroatoms. The van der Waals surface area contributed by atoms with Crippen LogP contribution >= 0.6 is 12.2 Å². The largest absolute Gasteiger partial charge is 0.352 e. The molecular formula is C12H23NOS. The molecule has 15 heavy (non-hydrogen) atoms. The van der Waals surface area contributed by atoms with E-state index in [1.807, 2.05) is 32.6 Å². The Morgan fingerprint density at radius 1 is 1.40 bits per heavy atom. The lowest BCUT2D eigenvalue weighted by molar-refractivity contribution is -0.128. The Bertz CT molecular complexity index is 246. The van der Waals surface area contributed by atoms with Crippen LogP contribution in [0.3, 0.4) is 0 Å². The van der Waals surface area contributed by atoms with Gasteiger partial charge in [-0.2, -0.15) is 0 Å². The van der Waals surface area contributed by atoms with Gasteiger partial charge in [0.2, 0.25) is 0 Å². The van der Waals surface area contributed by atoms with Gasteiger partial charge in [-0.3, -0.25) is 4.79 Å². The van der Waals surface area contributed by atoms with E-state index in [0.29, 0.717) is 6.42 Å². The number of carbonyl (C=O) groups is 1. The third-order valence-electron chi connectivity index (χ3n) is 2.62. The van der Waals surface area contributed by atoms with Crippen LogP contribution in [0.4, 0.5) is 0 Å². The fraction of sp³-hybridized carbons (Fsp3) is 0.833. The van der Waals surface area contributed by atoms with Crippen LogP contribution in [-0.2, 0) is 4.79 Å². The van der Waals surface area contributed by atoms with E-state index in [0.717, 1.165) is 11.4 Å². The monoisotopic (exact) mass is 229 g/mol. The van der Waals surface area contributed by atoms with Gasteiger partial charge in [-0.05, 0) is 41.0 Å². The van der Waals surface area contributed by atoms with Crippen molar-refractivity contribution in [3.8, 4) is 0 Å². The van der Waals surface area contributed by atoms with Crippen LogP contribution in [0, 0.1) is 0 Å². The predicted molar refractivity (Wildman–Crippen MR) is 69.2 cm³/mol. The first-order valence-electron chi connectivity index (χ1n) is 5.58. The van der Waals surface area contributed by atoms with Crippen LogP contribution in [0.1, 0.15) is 54.4 Å². The van der Waals surface area contributed by atoms with Crippen molar-refractivity contribution in [2.45, 2.75) is 66.0 Å². The van der Waals surface area contributed by atoms with Gasteiger partial charge in [-0.25, -0.2) is 0 Å². The van der Waals surface area contributed by atoms with E-state index in [4.69, 9.17) is 12.2 Å². The number of hydrogen-bond donors (Lipinski definition) is 0. The van der Waals surface area contributed by atoms with Gasteiger partial charge in [0.25, 0.3) is 0 Å². The number of ketones is 1. The molecular weight excluding hydrogens is 206 g/mol. The zero-order chi connectivity index (χ0) is 12.2. The Morgan fingerprint density at radius 2 is 1.87 bits per heavy atom. The average molecular weight is 229 g/mol. The maximum absolute atomic E-state index is 12.0. The molecule has 0 aliphatic rings. The fourth-order valence-corrected chi connectivity index (χ4v) is 2.51. The van der Waals surface area contributed by atoms with E-state index in [-0.39, 0.29) is 11.8 Å². The minimum absolute atomic E-state index is 0.262. The Balaban J connectivity index is 4.94. The number of carbonyl (C=O) groups excluding carboxylic acids is 1. The molecule has 0 aromatic carbocycles. The normalized spacial score (nSPS) is 11.7. The molecule has 0 bridgehead atoms. The molecule has 0 N–H and O–H groups in total. The van der Waals surface area contributed by atoms with Crippen molar-refractivity contribution in [3.63, 3.8) is 0 Å². The van der Waals surface area contributed by atoms with Crippen molar-refractivity contribution >= 4 is 23.0 Å². The van der Waals surface area contributed by atoms with E-state index >= 15 is 0 Å². The first kappa shape index (κ1) is 14.6. The summed E-state index contributed by atoms with van der Waals surface area (Å²) in [7, 11) is 0. The van der Waals surface area contributed by atoms with Crippen molar-refractivity contribution in [1.82, 2.24) is 4.90 Å². The quantitative estimate of drug-likeness (QED) is 0.675. The zero-order valence-corrected chi connectivity index (χ0v) is 11.6. The second kappa shape index (κ2) is 5.59. The van der Waals surface area contributed by atoms with Crippen LogP contribution in [0.2, 0.25) is 0 Å². The van der Waals surface area contributed by atoms with E-state index in [2.05, 4.69) is 13.8 Å². The lowest BCUT2D eigenvalue weighted by atomic mass is 9.92. The van der Waals surface area contributed by atoms with Crippen LogP contribution < -0.4 is 0 Å². The first-order chi connectivity index (χ1) is 6.75. The molecule has 0 rings (SSSR count). The van der Waals surface area contributed by atoms with Gasteiger partial charge in [-0.15, -0.1) is 0 Å². The minimum Gasteiger partial charge on any atom is -0.352 e. The topological polar surface area (TPSA) is 20.3 Å². The SMILES string of the molecule is CCCC(=O)C(C)(C)N(C(C)=S)C(C)C. The van der Waals surface area contributed by atoms with E-state index < -0.39 is 5.54 Å². The van der Waals surface area contributed by atoms with Crippen molar-refractivity contribution in [1.29, 1.82) is 0 Å². The molecule has 0 aromatic heterocycles. The molecule has 0 saturated carbocycles. The van der Waals surface area contributed by atoms with E-state index in [1.165, 1.54) is 0 Å². The predicted octanol–water partition coefficient (Wildman–Crippen LogP) is 3.19. The first-order valence-corrected chi connectivity index (χ1v) is 5.99. The molecule has 0 radical (unpaired) electrons. The molecule has 0 atom stereocenters. The van der Waals surface area contributed by atoms with Crippen molar-refractivity contribution in [2.75, 3.05) is 0 Å². The summed E-state index contributed by atoms with van der Waals surface area (Å²) in [6, 6.07) is 0.262. The van der Waals surface area contributed by atoms with Gasteiger partial charge in [0.1, 0.15) is 0 Å². The van der Waals surface area contributed by atoms with Crippen LogP contribution in [-0.4, -0.2) is 27.3 Å². The number of Topliss-reactive ketones (excluding diaryl/α,β-unsaturated/α-hetero) is 1. The highest BCUT2D eigenvalue weighted by atomic mass is 32.1. The molecule has 0 amide bonds. The smallest absolute Gasteiger partial charge is 0.157 e. The van der Waals surface area contributed by atoms with Crippen molar-refractivity contribution < 1.29 is 4.79 Å². The Hall–Kier alpha value is -0.440. The van der Waals surface area contributed by atoms with Crippen molar-refractivity contribution in [2.24, 2.45) is 0 Å².